The minimum Gasteiger partial charge on any atom is -0.457 e. The van der Waals surface area contributed by atoms with Crippen molar-refractivity contribution in [2.75, 3.05) is 26.4 Å². The minimum absolute atomic E-state index is 0.121. The zero-order valence-corrected chi connectivity index (χ0v) is 34.5. The molecule has 9 heteroatoms. The maximum atomic E-state index is 12.7. The van der Waals surface area contributed by atoms with Crippen LogP contribution in [0.4, 0.5) is 0 Å². The van der Waals surface area contributed by atoms with E-state index in [2.05, 4.69) is 50.3 Å². The van der Waals surface area contributed by atoms with E-state index in [0.29, 0.717) is 13.0 Å². The smallest absolute Gasteiger partial charge is 0.306 e. The van der Waals surface area contributed by atoms with Crippen molar-refractivity contribution in [2.45, 2.75) is 218 Å². The Labute approximate surface area is 330 Å². The van der Waals surface area contributed by atoms with E-state index in [4.69, 9.17) is 18.9 Å². The normalized spacial score (nSPS) is 21.2. The van der Waals surface area contributed by atoms with Crippen LogP contribution in [-0.2, 0) is 23.7 Å². The van der Waals surface area contributed by atoms with Gasteiger partial charge in [0, 0.05) is 13.0 Å². The van der Waals surface area contributed by atoms with Gasteiger partial charge in [-0.2, -0.15) is 0 Å². The van der Waals surface area contributed by atoms with E-state index in [-0.39, 0.29) is 19.2 Å². The molecule has 54 heavy (non-hydrogen) atoms. The molecule has 6 atom stereocenters. The van der Waals surface area contributed by atoms with Gasteiger partial charge in [0.1, 0.15) is 30.5 Å². The molecular formula is C45H82O9. The summed E-state index contributed by atoms with van der Waals surface area (Å²) in [6, 6.07) is 0. The molecule has 1 fully saturated rings. The summed E-state index contributed by atoms with van der Waals surface area (Å²) < 4.78 is 22.8. The largest absolute Gasteiger partial charge is 0.457 e. The van der Waals surface area contributed by atoms with Crippen molar-refractivity contribution >= 4 is 5.97 Å². The molecule has 1 aliphatic heterocycles. The van der Waals surface area contributed by atoms with Gasteiger partial charge >= 0.3 is 5.97 Å². The van der Waals surface area contributed by atoms with E-state index < -0.39 is 43.4 Å². The molecule has 4 N–H and O–H groups in total. The van der Waals surface area contributed by atoms with E-state index in [1.807, 2.05) is 0 Å². The average molecular weight is 767 g/mol. The molecule has 0 bridgehead atoms. The SMILES string of the molecule is CCCCCC/C=C\C/C=C\CCCCCCCCOCC(COC1OC(CO)C(O)C(O)C1O)OC(=O)CCCCCCC/C=C\CCCCCCC. The zero-order chi connectivity index (χ0) is 39.3. The van der Waals surface area contributed by atoms with Crippen LogP contribution in [0.1, 0.15) is 181 Å². The van der Waals surface area contributed by atoms with Gasteiger partial charge in [-0.05, 0) is 70.6 Å². The highest BCUT2D eigenvalue weighted by Crippen LogP contribution is 2.22. The first-order valence-corrected chi connectivity index (χ1v) is 22.1. The summed E-state index contributed by atoms with van der Waals surface area (Å²) in [4.78, 5) is 12.7. The topological polar surface area (TPSA) is 135 Å². The first kappa shape index (κ1) is 50.4. The summed E-state index contributed by atoms with van der Waals surface area (Å²) in [7, 11) is 0. The summed E-state index contributed by atoms with van der Waals surface area (Å²) in [6.07, 6.45) is 35.9. The van der Waals surface area contributed by atoms with Crippen LogP contribution in [0.25, 0.3) is 0 Å². The van der Waals surface area contributed by atoms with Crippen LogP contribution in [-0.4, -0.2) is 89.6 Å². The minimum atomic E-state index is -1.54. The van der Waals surface area contributed by atoms with Gasteiger partial charge in [0.2, 0.25) is 0 Å². The number of hydrogen-bond donors (Lipinski definition) is 4. The Bertz CT molecular complexity index is 921. The van der Waals surface area contributed by atoms with Gasteiger partial charge in [-0.3, -0.25) is 4.79 Å². The van der Waals surface area contributed by atoms with Gasteiger partial charge in [-0.1, -0.05) is 140 Å². The predicted octanol–water partition coefficient (Wildman–Crippen LogP) is 9.58. The van der Waals surface area contributed by atoms with Crippen molar-refractivity contribution in [3.8, 4) is 0 Å². The molecular weight excluding hydrogens is 684 g/mol. The zero-order valence-electron chi connectivity index (χ0n) is 34.5. The monoisotopic (exact) mass is 767 g/mol. The molecule has 1 rings (SSSR count). The van der Waals surface area contributed by atoms with Crippen LogP contribution >= 0.6 is 0 Å². The molecule has 0 aromatic heterocycles. The standard InChI is InChI=1S/C45H82O9/c1-3-5-7-9-11-13-15-17-19-20-21-23-25-27-29-31-33-35-51-37-39(38-52-45-44(50)43(49)42(48)40(36-46)54-45)53-41(47)34-32-30-28-26-24-22-18-16-14-12-10-8-6-4-2/h13,15-16,18-20,39-40,42-46,48-50H,3-12,14,17,21-38H2,1-2H3/b15-13-,18-16-,20-19-. The second kappa shape index (κ2) is 37.0. The first-order chi connectivity index (χ1) is 26.4. The van der Waals surface area contributed by atoms with E-state index in [9.17, 15) is 25.2 Å². The summed E-state index contributed by atoms with van der Waals surface area (Å²) in [5.74, 6) is -0.327. The molecule has 6 unspecified atom stereocenters. The third-order valence-corrected chi connectivity index (χ3v) is 10.0. The summed E-state index contributed by atoms with van der Waals surface area (Å²) in [5.41, 5.74) is 0. The van der Waals surface area contributed by atoms with E-state index in [0.717, 1.165) is 64.2 Å². The number of rotatable bonds is 37. The quantitative estimate of drug-likeness (QED) is 0.0277. The first-order valence-electron chi connectivity index (χ1n) is 22.1. The average Bonchev–Trinajstić information content (AvgIpc) is 3.17. The van der Waals surface area contributed by atoms with Crippen molar-refractivity contribution < 1.29 is 44.2 Å². The summed E-state index contributed by atoms with van der Waals surface area (Å²) in [5, 5.41) is 40.1. The van der Waals surface area contributed by atoms with Crippen LogP contribution in [0.5, 0.6) is 0 Å². The Morgan fingerprint density at radius 1 is 0.593 bits per heavy atom. The van der Waals surface area contributed by atoms with Gasteiger partial charge in [-0.15, -0.1) is 0 Å². The highest BCUT2D eigenvalue weighted by Gasteiger charge is 2.44. The highest BCUT2D eigenvalue weighted by atomic mass is 16.7. The number of hydrogen-bond acceptors (Lipinski definition) is 9. The van der Waals surface area contributed by atoms with E-state index in [1.165, 1.54) is 96.3 Å². The lowest BCUT2D eigenvalue weighted by Gasteiger charge is -2.39. The van der Waals surface area contributed by atoms with Gasteiger partial charge in [0.05, 0.1) is 19.8 Å². The Kier molecular flexibility index (Phi) is 34.6. The van der Waals surface area contributed by atoms with Gasteiger partial charge in [0.15, 0.2) is 6.29 Å². The molecule has 9 nitrogen and oxygen atoms in total. The summed E-state index contributed by atoms with van der Waals surface area (Å²) in [6.45, 7) is 4.50. The number of unbranched alkanes of at least 4 members (excludes halogenated alkanes) is 20. The van der Waals surface area contributed by atoms with Crippen molar-refractivity contribution in [2.24, 2.45) is 0 Å². The number of ether oxygens (including phenoxy) is 4. The lowest BCUT2D eigenvalue weighted by atomic mass is 9.99. The number of esters is 1. The molecule has 0 radical (unpaired) electrons. The maximum Gasteiger partial charge on any atom is 0.306 e. The Morgan fingerprint density at radius 2 is 1.07 bits per heavy atom. The molecule has 0 amide bonds. The van der Waals surface area contributed by atoms with Crippen LogP contribution in [0.2, 0.25) is 0 Å². The Balaban J connectivity index is 2.29. The Morgan fingerprint density at radius 3 is 1.63 bits per heavy atom. The van der Waals surface area contributed by atoms with E-state index in [1.54, 1.807) is 0 Å². The molecule has 0 saturated carbocycles. The van der Waals surface area contributed by atoms with Crippen LogP contribution in [0.3, 0.4) is 0 Å². The number of aliphatic hydroxyl groups excluding tert-OH is 4. The van der Waals surface area contributed by atoms with Gasteiger partial charge in [-0.25, -0.2) is 0 Å². The van der Waals surface area contributed by atoms with Crippen molar-refractivity contribution in [1.29, 1.82) is 0 Å². The number of allylic oxidation sites excluding steroid dienone is 6. The van der Waals surface area contributed by atoms with Crippen LogP contribution in [0, 0.1) is 0 Å². The van der Waals surface area contributed by atoms with E-state index >= 15 is 0 Å². The second-order valence-corrected chi connectivity index (χ2v) is 15.1. The summed E-state index contributed by atoms with van der Waals surface area (Å²) >= 11 is 0. The maximum absolute atomic E-state index is 12.7. The fraction of sp³-hybridized carbons (Fsp3) is 0.844. The molecule has 316 valence electrons. The van der Waals surface area contributed by atoms with Gasteiger partial charge in [0.25, 0.3) is 0 Å². The number of carbonyl (C=O) groups is 1. The van der Waals surface area contributed by atoms with Gasteiger partial charge < -0.3 is 39.4 Å². The second-order valence-electron chi connectivity index (χ2n) is 15.1. The highest BCUT2D eigenvalue weighted by molar-refractivity contribution is 5.69. The molecule has 1 saturated heterocycles. The molecule has 0 aliphatic carbocycles. The molecule has 0 aromatic rings. The fourth-order valence-electron chi connectivity index (χ4n) is 6.52. The molecule has 0 aromatic carbocycles. The van der Waals surface area contributed by atoms with Crippen molar-refractivity contribution in [1.82, 2.24) is 0 Å². The Hall–Kier alpha value is -1.59. The third-order valence-electron chi connectivity index (χ3n) is 10.0. The lowest BCUT2D eigenvalue weighted by Crippen LogP contribution is -2.59. The van der Waals surface area contributed by atoms with Crippen LogP contribution < -0.4 is 0 Å². The number of carbonyl (C=O) groups excluding carboxylic acids is 1. The lowest BCUT2D eigenvalue weighted by molar-refractivity contribution is -0.305. The molecule has 0 spiro atoms. The predicted molar refractivity (Wildman–Crippen MR) is 219 cm³/mol. The number of aliphatic hydroxyl groups is 4. The fourth-order valence-corrected chi connectivity index (χ4v) is 6.52. The molecule has 1 heterocycles. The van der Waals surface area contributed by atoms with Crippen molar-refractivity contribution in [3.63, 3.8) is 0 Å². The van der Waals surface area contributed by atoms with Crippen molar-refractivity contribution in [3.05, 3.63) is 36.5 Å². The third kappa shape index (κ3) is 27.9. The van der Waals surface area contributed by atoms with Crippen LogP contribution in [0.15, 0.2) is 36.5 Å². The molecule has 1 aliphatic rings.